The first-order chi connectivity index (χ1) is 9.49. The summed E-state index contributed by atoms with van der Waals surface area (Å²) in [5, 5.41) is 18.6. The molecule has 0 radical (unpaired) electrons. The quantitative estimate of drug-likeness (QED) is 0.808. The van der Waals surface area contributed by atoms with Gasteiger partial charge < -0.3 is 15.1 Å². The maximum Gasteiger partial charge on any atom is 0.326 e. The third-order valence-electron chi connectivity index (χ3n) is 3.44. The molecule has 2 N–H and O–H groups in total. The number of benzene rings is 1. The maximum absolute atomic E-state index is 12.1. The molecule has 20 heavy (non-hydrogen) atoms. The molecular weight excluding hydrogens is 258 g/mol. The molecule has 1 aliphatic heterocycles. The van der Waals surface area contributed by atoms with Crippen LogP contribution in [0, 0.1) is 6.92 Å². The van der Waals surface area contributed by atoms with Crippen LogP contribution in [0.25, 0.3) is 6.08 Å². The van der Waals surface area contributed by atoms with E-state index in [0.717, 1.165) is 11.1 Å². The zero-order chi connectivity index (χ0) is 14.7. The number of aliphatic hydroxyl groups excluding tert-OH is 1. The molecule has 1 saturated heterocycles. The predicted octanol–water partition coefficient (Wildman–Crippen LogP) is 1.05. The minimum atomic E-state index is -1.08. The van der Waals surface area contributed by atoms with Crippen molar-refractivity contribution in [3.05, 3.63) is 41.5 Å². The van der Waals surface area contributed by atoms with Crippen molar-refractivity contribution < 1.29 is 19.8 Å². The van der Waals surface area contributed by atoms with Gasteiger partial charge in [0, 0.05) is 19.0 Å². The number of rotatable bonds is 3. The fourth-order valence-corrected chi connectivity index (χ4v) is 2.32. The number of aryl methyl sites for hydroxylation is 1. The van der Waals surface area contributed by atoms with Crippen molar-refractivity contribution in [3.8, 4) is 0 Å². The van der Waals surface area contributed by atoms with Crippen LogP contribution >= 0.6 is 0 Å². The molecule has 1 fully saturated rings. The molecule has 1 aliphatic rings. The minimum Gasteiger partial charge on any atom is -0.480 e. The Labute approximate surface area is 117 Å². The van der Waals surface area contributed by atoms with Crippen molar-refractivity contribution in [3.63, 3.8) is 0 Å². The molecule has 106 valence electrons. The summed E-state index contributed by atoms with van der Waals surface area (Å²) in [7, 11) is 0. The average molecular weight is 275 g/mol. The number of likely N-dealkylation sites (tertiary alicyclic amines) is 1. The van der Waals surface area contributed by atoms with Crippen molar-refractivity contribution in [1.82, 2.24) is 4.90 Å². The van der Waals surface area contributed by atoms with Gasteiger partial charge in [-0.05, 0) is 24.1 Å². The molecule has 2 rings (SSSR count). The summed E-state index contributed by atoms with van der Waals surface area (Å²) in [5.41, 5.74) is 1.94. The first-order valence-corrected chi connectivity index (χ1v) is 6.44. The molecule has 1 aromatic rings. The zero-order valence-corrected chi connectivity index (χ0v) is 11.2. The van der Waals surface area contributed by atoms with Gasteiger partial charge in [0.2, 0.25) is 5.91 Å². The molecule has 0 spiro atoms. The van der Waals surface area contributed by atoms with Gasteiger partial charge in [0.15, 0.2) is 0 Å². The monoisotopic (exact) mass is 275 g/mol. The van der Waals surface area contributed by atoms with Gasteiger partial charge in [0.1, 0.15) is 6.04 Å². The Balaban J connectivity index is 2.12. The molecule has 5 heteroatoms. The normalized spacial score (nSPS) is 22.4. The second-order valence-electron chi connectivity index (χ2n) is 4.92. The third kappa shape index (κ3) is 3.05. The summed E-state index contributed by atoms with van der Waals surface area (Å²) in [4.78, 5) is 24.3. The van der Waals surface area contributed by atoms with Gasteiger partial charge in [-0.25, -0.2) is 4.79 Å². The summed E-state index contributed by atoms with van der Waals surface area (Å²) in [6, 6.07) is 6.65. The van der Waals surface area contributed by atoms with Crippen LogP contribution in [-0.2, 0) is 9.59 Å². The van der Waals surface area contributed by atoms with Crippen molar-refractivity contribution in [2.24, 2.45) is 0 Å². The number of carbonyl (C=O) groups is 2. The van der Waals surface area contributed by atoms with Crippen molar-refractivity contribution >= 4 is 18.0 Å². The van der Waals surface area contributed by atoms with Gasteiger partial charge >= 0.3 is 5.97 Å². The highest BCUT2D eigenvalue weighted by atomic mass is 16.4. The maximum atomic E-state index is 12.1. The first kappa shape index (κ1) is 14.3. The number of hydrogen-bond acceptors (Lipinski definition) is 3. The number of aliphatic hydroxyl groups is 1. The van der Waals surface area contributed by atoms with E-state index in [9.17, 15) is 14.7 Å². The lowest BCUT2D eigenvalue weighted by atomic mass is 10.1. The highest BCUT2D eigenvalue weighted by molar-refractivity contribution is 5.95. The van der Waals surface area contributed by atoms with E-state index in [2.05, 4.69) is 0 Å². The van der Waals surface area contributed by atoms with Crippen LogP contribution in [-0.4, -0.2) is 45.7 Å². The summed E-state index contributed by atoms with van der Waals surface area (Å²) >= 11 is 0. The Bertz CT molecular complexity index is 553. The van der Waals surface area contributed by atoms with Crippen LogP contribution in [0.5, 0.6) is 0 Å². The number of β-amino-alcohol motifs (C(OH)–C–C–N with tert-alkyl or cyclic N) is 1. The largest absolute Gasteiger partial charge is 0.480 e. The van der Waals surface area contributed by atoms with E-state index in [4.69, 9.17) is 5.11 Å². The number of amides is 1. The Morgan fingerprint density at radius 3 is 2.70 bits per heavy atom. The number of carboxylic acids is 1. The van der Waals surface area contributed by atoms with Gasteiger partial charge in [0.05, 0.1) is 6.10 Å². The van der Waals surface area contributed by atoms with Gasteiger partial charge in [-0.1, -0.05) is 24.3 Å². The van der Waals surface area contributed by atoms with Gasteiger partial charge in [0.25, 0.3) is 0 Å². The van der Waals surface area contributed by atoms with Gasteiger partial charge in [-0.15, -0.1) is 0 Å². The van der Waals surface area contributed by atoms with E-state index in [1.54, 1.807) is 6.08 Å². The molecule has 1 heterocycles. The van der Waals surface area contributed by atoms with Crippen LogP contribution in [0.2, 0.25) is 0 Å². The Kier molecular flexibility index (Phi) is 4.20. The zero-order valence-electron chi connectivity index (χ0n) is 11.2. The van der Waals surface area contributed by atoms with Crippen LogP contribution in [0.15, 0.2) is 30.3 Å². The SMILES string of the molecule is Cc1ccccc1C=CC(=O)N1C[C@@H](O)C[C@H]1C(=O)O. The minimum absolute atomic E-state index is 0.0634. The highest BCUT2D eigenvalue weighted by Gasteiger charge is 2.37. The second-order valence-corrected chi connectivity index (χ2v) is 4.92. The van der Waals surface area contributed by atoms with Crippen LogP contribution in [0.1, 0.15) is 17.5 Å². The van der Waals surface area contributed by atoms with Crippen LogP contribution in [0.4, 0.5) is 0 Å². The van der Waals surface area contributed by atoms with E-state index in [-0.39, 0.29) is 13.0 Å². The molecule has 1 aromatic carbocycles. The molecule has 0 aliphatic carbocycles. The molecule has 1 amide bonds. The Morgan fingerprint density at radius 1 is 1.35 bits per heavy atom. The van der Waals surface area contributed by atoms with E-state index in [1.165, 1.54) is 11.0 Å². The fraction of sp³-hybridized carbons (Fsp3) is 0.333. The summed E-state index contributed by atoms with van der Waals surface area (Å²) in [6.07, 6.45) is 2.34. The van der Waals surface area contributed by atoms with Gasteiger partial charge in [-0.3, -0.25) is 4.79 Å². The van der Waals surface area contributed by atoms with E-state index >= 15 is 0 Å². The topological polar surface area (TPSA) is 77.8 Å². The Hall–Kier alpha value is -2.14. The molecule has 0 saturated carbocycles. The average Bonchev–Trinajstić information content (AvgIpc) is 2.80. The number of carbonyl (C=O) groups excluding carboxylic acids is 1. The molecular formula is C15H17NO4. The van der Waals surface area contributed by atoms with E-state index in [0.29, 0.717) is 0 Å². The van der Waals surface area contributed by atoms with Gasteiger partial charge in [-0.2, -0.15) is 0 Å². The van der Waals surface area contributed by atoms with Crippen molar-refractivity contribution in [2.75, 3.05) is 6.54 Å². The molecule has 5 nitrogen and oxygen atoms in total. The van der Waals surface area contributed by atoms with E-state index in [1.807, 2.05) is 31.2 Å². The third-order valence-corrected chi connectivity index (χ3v) is 3.44. The van der Waals surface area contributed by atoms with Crippen LogP contribution in [0.3, 0.4) is 0 Å². The number of carboxylic acid groups (broad SMARTS) is 1. The summed E-state index contributed by atoms with van der Waals surface area (Å²) in [5.74, 6) is -1.48. The Morgan fingerprint density at radius 2 is 2.05 bits per heavy atom. The smallest absolute Gasteiger partial charge is 0.326 e. The standard InChI is InChI=1S/C15H17NO4/c1-10-4-2-3-5-11(10)6-7-14(18)16-9-12(17)8-13(16)15(19)20/h2-7,12-13,17H,8-9H2,1H3,(H,19,20)/t12-,13-/m0/s1. The molecule has 0 bridgehead atoms. The number of hydrogen-bond donors (Lipinski definition) is 2. The molecule has 2 atom stereocenters. The first-order valence-electron chi connectivity index (χ1n) is 6.44. The van der Waals surface area contributed by atoms with Crippen molar-refractivity contribution in [1.29, 1.82) is 0 Å². The lowest BCUT2D eigenvalue weighted by Gasteiger charge is -2.19. The number of aliphatic carboxylic acids is 1. The highest BCUT2D eigenvalue weighted by Crippen LogP contribution is 2.19. The van der Waals surface area contributed by atoms with Crippen molar-refractivity contribution in [2.45, 2.75) is 25.5 Å². The molecule has 0 aromatic heterocycles. The lowest BCUT2D eigenvalue weighted by molar-refractivity contribution is -0.146. The molecule has 0 unspecified atom stereocenters. The second kappa shape index (κ2) is 5.88. The summed E-state index contributed by atoms with van der Waals surface area (Å²) < 4.78 is 0. The fourth-order valence-electron chi connectivity index (χ4n) is 2.32. The van der Waals surface area contributed by atoms with E-state index < -0.39 is 24.0 Å². The predicted molar refractivity (Wildman–Crippen MR) is 74.0 cm³/mol. The lowest BCUT2D eigenvalue weighted by Crippen LogP contribution is -2.39. The summed E-state index contributed by atoms with van der Waals surface area (Å²) in [6.45, 7) is 2.00. The van der Waals surface area contributed by atoms with Crippen LogP contribution < -0.4 is 0 Å². The number of nitrogens with zero attached hydrogens (tertiary/aromatic N) is 1.